The lowest BCUT2D eigenvalue weighted by molar-refractivity contribution is -0.904. The van der Waals surface area contributed by atoms with Gasteiger partial charge < -0.3 is 10.0 Å². The van der Waals surface area contributed by atoms with Gasteiger partial charge in [0.15, 0.2) is 0 Å². The van der Waals surface area contributed by atoms with E-state index in [0.717, 1.165) is 0 Å². The van der Waals surface area contributed by atoms with Crippen molar-refractivity contribution < 1.29 is 23.3 Å². The van der Waals surface area contributed by atoms with E-state index in [0.29, 0.717) is 32.7 Å². The molecule has 0 radical (unpaired) electrons. The summed E-state index contributed by atoms with van der Waals surface area (Å²) < 4.78 is 26.2. The van der Waals surface area contributed by atoms with Crippen LogP contribution in [0.5, 0.6) is 0 Å². The fourth-order valence-corrected chi connectivity index (χ4v) is 3.78. The Morgan fingerprint density at radius 1 is 1.24 bits per heavy atom. The highest BCUT2D eigenvalue weighted by Crippen LogP contribution is 2.19. The summed E-state index contributed by atoms with van der Waals surface area (Å²) in [7, 11) is -3.61. The molecule has 1 heterocycles. The van der Waals surface area contributed by atoms with Gasteiger partial charge in [-0.2, -0.15) is 4.31 Å². The highest BCUT2D eigenvalue weighted by molar-refractivity contribution is 7.89. The van der Waals surface area contributed by atoms with Crippen molar-refractivity contribution >= 4 is 15.7 Å². The van der Waals surface area contributed by atoms with Crippen LogP contribution in [0.1, 0.15) is 0 Å². The first-order valence-corrected chi connectivity index (χ1v) is 8.08. The molecule has 9 heteroatoms. The van der Waals surface area contributed by atoms with Crippen molar-refractivity contribution in [3.05, 3.63) is 34.4 Å². The Morgan fingerprint density at radius 3 is 2.29 bits per heavy atom. The Hall–Kier alpha value is -1.55. The number of rotatable bonds is 5. The summed E-state index contributed by atoms with van der Waals surface area (Å²) >= 11 is 0. The quantitative estimate of drug-likeness (QED) is 0.507. The standard InChI is InChI=1S/C12H17N3O5S/c16-10-9-13-5-7-14(8-6-13)21(19,20)12-3-1-11(2-4-12)15(17)18/h1-4,16H,5-10H2/p+1. The van der Waals surface area contributed by atoms with Gasteiger partial charge in [-0.25, -0.2) is 8.42 Å². The zero-order valence-corrected chi connectivity index (χ0v) is 12.3. The molecule has 0 spiro atoms. The molecule has 21 heavy (non-hydrogen) atoms. The molecule has 2 rings (SSSR count). The lowest BCUT2D eigenvalue weighted by atomic mass is 10.3. The lowest BCUT2D eigenvalue weighted by Gasteiger charge is -2.31. The molecule has 1 aliphatic rings. The lowest BCUT2D eigenvalue weighted by Crippen LogP contribution is -3.15. The number of hydrogen-bond donors (Lipinski definition) is 2. The highest BCUT2D eigenvalue weighted by atomic mass is 32.2. The van der Waals surface area contributed by atoms with Gasteiger partial charge in [0.1, 0.15) is 6.54 Å². The number of benzene rings is 1. The summed E-state index contributed by atoms with van der Waals surface area (Å²) in [6.45, 7) is 2.76. The average molecular weight is 316 g/mol. The molecular formula is C12H18N3O5S+. The molecule has 0 atom stereocenters. The Labute approximate surface area is 122 Å². The van der Waals surface area contributed by atoms with E-state index in [2.05, 4.69) is 0 Å². The minimum atomic E-state index is -3.61. The second-order valence-corrected chi connectivity index (χ2v) is 6.82. The molecule has 0 unspecified atom stereocenters. The van der Waals surface area contributed by atoms with E-state index in [1.807, 2.05) is 0 Å². The van der Waals surface area contributed by atoms with Crippen LogP contribution in [0.2, 0.25) is 0 Å². The topological polar surface area (TPSA) is 105 Å². The molecule has 8 nitrogen and oxygen atoms in total. The predicted octanol–water partition coefficient (Wildman–Crippen LogP) is -1.52. The summed E-state index contributed by atoms with van der Waals surface area (Å²) in [6, 6.07) is 4.92. The molecule has 0 amide bonds. The van der Waals surface area contributed by atoms with Crippen LogP contribution in [0.4, 0.5) is 5.69 Å². The third-order valence-electron chi connectivity index (χ3n) is 3.58. The molecule has 0 saturated carbocycles. The van der Waals surface area contributed by atoms with Crippen LogP contribution in [-0.2, 0) is 10.0 Å². The summed E-state index contributed by atoms with van der Waals surface area (Å²) in [5.41, 5.74) is -0.133. The number of piperazine rings is 1. The molecule has 1 aliphatic heterocycles. The zero-order chi connectivity index (χ0) is 15.5. The first-order valence-electron chi connectivity index (χ1n) is 6.64. The van der Waals surface area contributed by atoms with E-state index in [4.69, 9.17) is 5.11 Å². The fraction of sp³-hybridized carbons (Fsp3) is 0.500. The van der Waals surface area contributed by atoms with Crippen LogP contribution in [0.25, 0.3) is 0 Å². The number of nitro groups is 1. The predicted molar refractivity (Wildman–Crippen MR) is 74.5 cm³/mol. The first kappa shape index (κ1) is 15.8. The van der Waals surface area contributed by atoms with Gasteiger partial charge in [0, 0.05) is 12.1 Å². The summed E-state index contributed by atoms with van der Waals surface area (Å²) in [5, 5.41) is 19.5. The molecule has 1 aromatic carbocycles. The van der Waals surface area contributed by atoms with E-state index in [9.17, 15) is 18.5 Å². The van der Waals surface area contributed by atoms with Crippen molar-refractivity contribution in [1.82, 2.24) is 4.31 Å². The number of sulfonamides is 1. The zero-order valence-electron chi connectivity index (χ0n) is 11.4. The number of hydrogen-bond acceptors (Lipinski definition) is 5. The maximum atomic E-state index is 12.4. The molecule has 1 aromatic rings. The third-order valence-corrected chi connectivity index (χ3v) is 5.49. The summed E-state index contributed by atoms with van der Waals surface area (Å²) in [5.74, 6) is 0. The molecule has 1 fully saturated rings. The maximum Gasteiger partial charge on any atom is 0.269 e. The monoisotopic (exact) mass is 316 g/mol. The molecular weight excluding hydrogens is 298 g/mol. The number of nitrogens with one attached hydrogen (secondary N) is 1. The summed E-state index contributed by atoms with van der Waals surface area (Å²) in [6.07, 6.45) is 0. The normalized spacial score (nSPS) is 17.8. The first-order chi connectivity index (χ1) is 9.95. The van der Waals surface area contributed by atoms with E-state index < -0.39 is 14.9 Å². The molecule has 0 aromatic heterocycles. The van der Waals surface area contributed by atoms with Crippen LogP contribution >= 0.6 is 0 Å². The van der Waals surface area contributed by atoms with Gasteiger partial charge in [-0.1, -0.05) is 0 Å². The van der Waals surface area contributed by atoms with Crippen LogP contribution < -0.4 is 4.90 Å². The summed E-state index contributed by atoms with van der Waals surface area (Å²) in [4.78, 5) is 11.3. The second kappa shape index (κ2) is 6.48. The number of nitrogens with zero attached hydrogens (tertiary/aromatic N) is 2. The van der Waals surface area contributed by atoms with Gasteiger partial charge in [0.25, 0.3) is 5.69 Å². The van der Waals surface area contributed by atoms with Crippen molar-refractivity contribution in [3.63, 3.8) is 0 Å². The van der Waals surface area contributed by atoms with Crippen LogP contribution in [0, 0.1) is 10.1 Å². The highest BCUT2D eigenvalue weighted by Gasteiger charge is 2.30. The van der Waals surface area contributed by atoms with E-state index in [-0.39, 0.29) is 17.2 Å². The van der Waals surface area contributed by atoms with E-state index in [1.165, 1.54) is 33.5 Å². The van der Waals surface area contributed by atoms with Gasteiger partial charge in [0.2, 0.25) is 10.0 Å². The van der Waals surface area contributed by atoms with Crippen molar-refractivity contribution in [1.29, 1.82) is 0 Å². The van der Waals surface area contributed by atoms with Crippen molar-refractivity contribution in [2.45, 2.75) is 4.90 Å². The van der Waals surface area contributed by atoms with E-state index in [1.54, 1.807) is 0 Å². The number of aliphatic hydroxyl groups excluding tert-OH is 1. The van der Waals surface area contributed by atoms with Gasteiger partial charge in [0.05, 0.1) is 42.6 Å². The minimum Gasteiger partial charge on any atom is -0.391 e. The van der Waals surface area contributed by atoms with Crippen LogP contribution in [-0.4, -0.2) is 62.1 Å². The SMILES string of the molecule is O=[N+]([O-])c1ccc(S(=O)(=O)N2CC[NH+](CCO)CC2)cc1. The third kappa shape index (κ3) is 3.56. The molecule has 2 N–H and O–H groups in total. The van der Waals surface area contributed by atoms with Gasteiger partial charge >= 0.3 is 0 Å². The molecule has 116 valence electrons. The Kier molecular flexibility index (Phi) is 4.88. The average Bonchev–Trinajstić information content (AvgIpc) is 2.48. The van der Waals surface area contributed by atoms with Gasteiger partial charge in [-0.15, -0.1) is 0 Å². The van der Waals surface area contributed by atoms with Crippen molar-refractivity contribution in [2.24, 2.45) is 0 Å². The van der Waals surface area contributed by atoms with E-state index >= 15 is 0 Å². The molecule has 0 bridgehead atoms. The van der Waals surface area contributed by atoms with Gasteiger partial charge in [-0.05, 0) is 12.1 Å². The van der Waals surface area contributed by atoms with Crippen molar-refractivity contribution in [3.8, 4) is 0 Å². The minimum absolute atomic E-state index is 0.0682. The fourth-order valence-electron chi connectivity index (χ4n) is 2.34. The van der Waals surface area contributed by atoms with Gasteiger partial charge in [-0.3, -0.25) is 10.1 Å². The number of non-ortho nitro benzene ring substituents is 1. The largest absolute Gasteiger partial charge is 0.391 e. The Balaban J connectivity index is 2.10. The van der Waals surface area contributed by atoms with Crippen molar-refractivity contribution in [2.75, 3.05) is 39.3 Å². The number of nitro benzene ring substituents is 1. The van der Waals surface area contributed by atoms with Crippen LogP contribution in [0.15, 0.2) is 29.2 Å². The Bertz CT molecular complexity index is 594. The second-order valence-electron chi connectivity index (χ2n) is 4.88. The smallest absolute Gasteiger partial charge is 0.269 e. The number of aliphatic hydroxyl groups is 1. The molecule has 0 aliphatic carbocycles. The molecule has 1 saturated heterocycles. The Morgan fingerprint density at radius 2 is 1.81 bits per heavy atom. The maximum absolute atomic E-state index is 12.4. The number of quaternary nitrogens is 1. The van der Waals surface area contributed by atoms with Crippen LogP contribution in [0.3, 0.4) is 0 Å².